The molecular formula is C16H24N3O3+. The van der Waals surface area contributed by atoms with Crippen LogP contribution in [0.25, 0.3) is 0 Å². The zero-order chi connectivity index (χ0) is 16.1. The lowest BCUT2D eigenvalue weighted by Crippen LogP contribution is -3.14. The molecule has 120 valence electrons. The van der Waals surface area contributed by atoms with Crippen molar-refractivity contribution in [3.05, 3.63) is 23.8 Å². The summed E-state index contributed by atoms with van der Waals surface area (Å²) in [6, 6.07) is 5.68. The first-order chi connectivity index (χ1) is 10.5. The summed E-state index contributed by atoms with van der Waals surface area (Å²) in [6.07, 6.45) is 1.51. The second kappa shape index (κ2) is 7.26. The molecular weight excluding hydrogens is 282 g/mol. The Bertz CT molecular complexity index is 552. The topological polar surface area (TPSA) is 85.9 Å². The Kier molecular flexibility index (Phi) is 5.38. The van der Waals surface area contributed by atoms with Gasteiger partial charge in [0.15, 0.2) is 6.54 Å². The highest BCUT2D eigenvalue weighted by atomic mass is 16.5. The number of hydrogen-bond acceptors (Lipinski definition) is 3. The highest BCUT2D eigenvalue weighted by Gasteiger charge is 2.27. The number of anilines is 1. The Balaban J connectivity index is 1.89. The van der Waals surface area contributed by atoms with Crippen molar-refractivity contribution in [1.82, 2.24) is 0 Å². The van der Waals surface area contributed by atoms with Crippen molar-refractivity contribution in [2.24, 2.45) is 11.7 Å². The number of piperidine rings is 1. The SMILES string of the molecule is COc1ccc(C)cc1NC(=O)C[NH+]1CCC(C(N)=O)CC1. The quantitative estimate of drug-likeness (QED) is 0.699. The van der Waals surface area contributed by atoms with E-state index in [1.165, 1.54) is 4.90 Å². The van der Waals surface area contributed by atoms with Crippen molar-refractivity contribution in [1.29, 1.82) is 0 Å². The van der Waals surface area contributed by atoms with Gasteiger partial charge in [0.2, 0.25) is 5.91 Å². The van der Waals surface area contributed by atoms with E-state index in [2.05, 4.69) is 5.32 Å². The number of primary amides is 1. The smallest absolute Gasteiger partial charge is 0.279 e. The zero-order valence-electron chi connectivity index (χ0n) is 13.1. The molecule has 0 spiro atoms. The average molecular weight is 306 g/mol. The summed E-state index contributed by atoms with van der Waals surface area (Å²) in [5, 5.41) is 2.91. The second-order valence-corrected chi connectivity index (χ2v) is 5.86. The molecule has 1 saturated heterocycles. The van der Waals surface area contributed by atoms with Gasteiger partial charge in [0, 0.05) is 18.8 Å². The van der Waals surface area contributed by atoms with Gasteiger partial charge in [0.05, 0.1) is 25.9 Å². The minimum atomic E-state index is -0.229. The molecule has 2 amide bonds. The van der Waals surface area contributed by atoms with Crippen LogP contribution in [-0.2, 0) is 9.59 Å². The number of benzene rings is 1. The van der Waals surface area contributed by atoms with Crippen LogP contribution in [0, 0.1) is 12.8 Å². The molecule has 0 radical (unpaired) electrons. The third-order valence-electron chi connectivity index (χ3n) is 4.13. The molecule has 4 N–H and O–H groups in total. The van der Waals surface area contributed by atoms with E-state index < -0.39 is 0 Å². The fourth-order valence-electron chi connectivity index (χ4n) is 2.83. The minimum absolute atomic E-state index is 0.0383. The standard InChI is InChI=1S/C16H23N3O3/c1-11-3-4-14(22-2)13(9-11)18-15(20)10-19-7-5-12(6-8-19)16(17)21/h3-4,9,12H,5-8,10H2,1-2H3,(H2,17,21)(H,18,20)/p+1. The number of ether oxygens (including phenoxy) is 1. The lowest BCUT2D eigenvalue weighted by Gasteiger charge is -2.27. The first-order valence-corrected chi connectivity index (χ1v) is 7.57. The molecule has 0 aliphatic carbocycles. The lowest BCUT2D eigenvalue weighted by atomic mass is 9.96. The number of nitrogens with one attached hydrogen (secondary N) is 2. The molecule has 1 aliphatic heterocycles. The fourth-order valence-corrected chi connectivity index (χ4v) is 2.83. The number of likely N-dealkylation sites (tertiary alicyclic amines) is 1. The summed E-state index contributed by atoms with van der Waals surface area (Å²) in [6.45, 7) is 3.95. The molecule has 0 unspecified atom stereocenters. The fraction of sp³-hybridized carbons (Fsp3) is 0.500. The van der Waals surface area contributed by atoms with Crippen molar-refractivity contribution in [2.45, 2.75) is 19.8 Å². The maximum absolute atomic E-state index is 12.2. The van der Waals surface area contributed by atoms with Gasteiger partial charge in [0.1, 0.15) is 5.75 Å². The van der Waals surface area contributed by atoms with Crippen LogP contribution in [0.2, 0.25) is 0 Å². The summed E-state index contributed by atoms with van der Waals surface area (Å²) in [7, 11) is 1.58. The molecule has 1 aromatic carbocycles. The van der Waals surface area contributed by atoms with Crippen LogP contribution in [-0.4, -0.2) is 38.6 Å². The Morgan fingerprint density at radius 2 is 2.05 bits per heavy atom. The Labute approximate surface area is 130 Å². The molecule has 0 bridgehead atoms. The van der Waals surface area contributed by atoms with Crippen LogP contribution in [0.15, 0.2) is 18.2 Å². The van der Waals surface area contributed by atoms with E-state index in [0.29, 0.717) is 18.0 Å². The van der Waals surface area contributed by atoms with Crippen molar-refractivity contribution in [2.75, 3.05) is 32.1 Å². The van der Waals surface area contributed by atoms with Crippen LogP contribution >= 0.6 is 0 Å². The van der Waals surface area contributed by atoms with Crippen molar-refractivity contribution in [3.8, 4) is 5.75 Å². The monoisotopic (exact) mass is 306 g/mol. The molecule has 2 rings (SSSR count). The van der Waals surface area contributed by atoms with Gasteiger partial charge in [-0.1, -0.05) is 6.07 Å². The normalized spacial score (nSPS) is 21.2. The number of amides is 2. The van der Waals surface area contributed by atoms with Gasteiger partial charge < -0.3 is 20.7 Å². The number of aryl methyl sites for hydroxylation is 1. The van der Waals surface area contributed by atoms with E-state index in [4.69, 9.17) is 10.5 Å². The molecule has 1 heterocycles. The van der Waals surface area contributed by atoms with Crippen LogP contribution in [0.3, 0.4) is 0 Å². The van der Waals surface area contributed by atoms with Gasteiger partial charge >= 0.3 is 0 Å². The van der Waals surface area contributed by atoms with Crippen LogP contribution in [0.4, 0.5) is 5.69 Å². The number of rotatable bonds is 5. The number of hydrogen-bond donors (Lipinski definition) is 3. The number of carbonyl (C=O) groups is 2. The van der Waals surface area contributed by atoms with Crippen LogP contribution < -0.4 is 20.7 Å². The molecule has 0 aromatic heterocycles. The third kappa shape index (κ3) is 4.21. The largest absolute Gasteiger partial charge is 0.495 e. The first-order valence-electron chi connectivity index (χ1n) is 7.57. The summed E-state index contributed by atoms with van der Waals surface area (Å²) >= 11 is 0. The summed E-state index contributed by atoms with van der Waals surface area (Å²) < 4.78 is 5.26. The Hall–Kier alpha value is -2.08. The van der Waals surface area contributed by atoms with Gasteiger partial charge in [-0.3, -0.25) is 9.59 Å². The number of methoxy groups -OCH3 is 1. The molecule has 6 nitrogen and oxygen atoms in total. The average Bonchev–Trinajstić information content (AvgIpc) is 2.48. The predicted molar refractivity (Wildman–Crippen MR) is 83.8 cm³/mol. The highest BCUT2D eigenvalue weighted by Crippen LogP contribution is 2.24. The maximum Gasteiger partial charge on any atom is 0.279 e. The first kappa shape index (κ1) is 16.3. The molecule has 22 heavy (non-hydrogen) atoms. The van der Waals surface area contributed by atoms with E-state index in [0.717, 1.165) is 31.5 Å². The number of carbonyl (C=O) groups excluding carboxylic acids is 2. The van der Waals surface area contributed by atoms with Gasteiger partial charge in [0.25, 0.3) is 5.91 Å². The predicted octanol–water partition coefficient (Wildman–Crippen LogP) is -0.278. The van der Waals surface area contributed by atoms with Gasteiger partial charge in [-0.05, 0) is 24.6 Å². The van der Waals surface area contributed by atoms with E-state index >= 15 is 0 Å². The lowest BCUT2D eigenvalue weighted by molar-refractivity contribution is -0.897. The van der Waals surface area contributed by atoms with Gasteiger partial charge in [-0.15, -0.1) is 0 Å². The molecule has 0 saturated carbocycles. The van der Waals surface area contributed by atoms with Gasteiger partial charge in [-0.25, -0.2) is 0 Å². The molecule has 1 fully saturated rings. The van der Waals surface area contributed by atoms with E-state index in [1.807, 2.05) is 25.1 Å². The Morgan fingerprint density at radius 3 is 2.64 bits per heavy atom. The van der Waals surface area contributed by atoms with Crippen molar-refractivity contribution < 1.29 is 19.2 Å². The highest BCUT2D eigenvalue weighted by molar-refractivity contribution is 5.93. The van der Waals surface area contributed by atoms with Gasteiger partial charge in [-0.2, -0.15) is 0 Å². The minimum Gasteiger partial charge on any atom is -0.495 e. The van der Waals surface area contributed by atoms with E-state index in [1.54, 1.807) is 7.11 Å². The second-order valence-electron chi connectivity index (χ2n) is 5.86. The Morgan fingerprint density at radius 1 is 1.36 bits per heavy atom. The molecule has 1 aromatic rings. The number of quaternary nitrogens is 1. The van der Waals surface area contributed by atoms with Crippen molar-refractivity contribution in [3.63, 3.8) is 0 Å². The molecule has 1 aliphatic rings. The summed E-state index contributed by atoms with van der Waals surface area (Å²) in [5.74, 6) is 0.342. The maximum atomic E-state index is 12.2. The van der Waals surface area contributed by atoms with Crippen LogP contribution in [0.1, 0.15) is 18.4 Å². The third-order valence-corrected chi connectivity index (χ3v) is 4.13. The zero-order valence-corrected chi connectivity index (χ0v) is 13.1. The van der Waals surface area contributed by atoms with Crippen LogP contribution in [0.5, 0.6) is 5.75 Å². The summed E-state index contributed by atoms with van der Waals surface area (Å²) in [5.41, 5.74) is 7.08. The number of nitrogens with two attached hydrogens (primary N) is 1. The van der Waals surface area contributed by atoms with Crippen molar-refractivity contribution >= 4 is 17.5 Å². The molecule has 6 heteroatoms. The molecule has 0 atom stereocenters. The van der Waals surface area contributed by atoms with E-state index in [-0.39, 0.29) is 17.7 Å². The summed E-state index contributed by atoms with van der Waals surface area (Å²) in [4.78, 5) is 24.5. The van der Waals surface area contributed by atoms with E-state index in [9.17, 15) is 9.59 Å².